The van der Waals surface area contributed by atoms with E-state index < -0.39 is 0 Å². The van der Waals surface area contributed by atoms with Gasteiger partial charge in [-0.25, -0.2) is 9.37 Å². The fraction of sp³-hybridized carbons (Fsp3) is 0.286. The number of rotatable bonds is 4. The molecule has 19 heavy (non-hydrogen) atoms. The molecule has 0 fully saturated rings. The molecule has 0 spiro atoms. The second-order valence-electron chi connectivity index (χ2n) is 4.12. The van der Waals surface area contributed by atoms with Crippen LogP contribution in [0.15, 0.2) is 36.8 Å². The largest absolute Gasteiger partial charge is 0.338 e. The first-order chi connectivity index (χ1) is 9.15. The minimum absolute atomic E-state index is 0.0918. The van der Waals surface area contributed by atoms with E-state index >= 15 is 0 Å². The predicted molar refractivity (Wildman–Crippen MR) is 70.8 cm³/mol. The van der Waals surface area contributed by atoms with Crippen molar-refractivity contribution in [2.24, 2.45) is 0 Å². The third-order valence-corrected chi connectivity index (χ3v) is 2.98. The second-order valence-corrected chi connectivity index (χ2v) is 4.12. The number of nitrogens with zero attached hydrogens (tertiary/aromatic N) is 3. The summed E-state index contributed by atoms with van der Waals surface area (Å²) in [5, 5.41) is 0. The Morgan fingerprint density at radius 2 is 1.89 bits per heavy atom. The molecule has 5 heteroatoms. The van der Waals surface area contributed by atoms with E-state index in [4.69, 9.17) is 0 Å². The highest BCUT2D eigenvalue weighted by molar-refractivity contribution is 5.92. The molecule has 100 valence electrons. The quantitative estimate of drug-likeness (QED) is 0.848. The summed E-state index contributed by atoms with van der Waals surface area (Å²) >= 11 is 0. The van der Waals surface area contributed by atoms with Crippen LogP contribution in [0.4, 0.5) is 4.39 Å². The van der Waals surface area contributed by atoms with Crippen molar-refractivity contribution in [1.29, 1.82) is 0 Å². The molecule has 0 aliphatic carbocycles. The summed E-state index contributed by atoms with van der Waals surface area (Å²) in [7, 11) is 0. The molecule has 2 rings (SSSR count). The molecule has 1 aromatic heterocycles. The molecule has 4 nitrogen and oxygen atoms in total. The molecule has 1 amide bonds. The molecule has 0 N–H and O–H groups in total. The molecule has 1 heterocycles. The van der Waals surface area contributed by atoms with Gasteiger partial charge in [-0.05, 0) is 38.1 Å². The Morgan fingerprint density at radius 3 is 2.47 bits per heavy atom. The Hall–Kier alpha value is -2.17. The molecule has 0 bridgehead atoms. The van der Waals surface area contributed by atoms with Crippen LogP contribution in [-0.2, 0) is 0 Å². The summed E-state index contributed by atoms with van der Waals surface area (Å²) in [6, 6.07) is 6.04. The minimum atomic E-state index is -0.289. The van der Waals surface area contributed by atoms with Crippen molar-refractivity contribution in [1.82, 2.24) is 14.5 Å². The lowest BCUT2D eigenvalue weighted by Gasteiger charge is -2.16. The van der Waals surface area contributed by atoms with Crippen LogP contribution in [-0.4, -0.2) is 33.4 Å². The SMILES string of the molecule is CCN(CC)C(=O)c1cn(-c2ccc(F)cc2)cn1. The highest BCUT2D eigenvalue weighted by atomic mass is 19.1. The van der Waals surface area contributed by atoms with Crippen LogP contribution in [0.3, 0.4) is 0 Å². The number of amides is 1. The van der Waals surface area contributed by atoms with E-state index in [0.717, 1.165) is 5.69 Å². The zero-order valence-corrected chi connectivity index (χ0v) is 11.0. The van der Waals surface area contributed by atoms with E-state index in [0.29, 0.717) is 18.8 Å². The van der Waals surface area contributed by atoms with Crippen LogP contribution in [0, 0.1) is 5.82 Å². The summed E-state index contributed by atoms with van der Waals surface area (Å²) in [6.07, 6.45) is 3.22. The number of carbonyl (C=O) groups excluding carboxylic acids is 1. The summed E-state index contributed by atoms with van der Waals surface area (Å²) in [6.45, 7) is 5.16. The molecule has 0 aliphatic rings. The Kier molecular flexibility index (Phi) is 3.94. The zero-order chi connectivity index (χ0) is 13.8. The Morgan fingerprint density at radius 1 is 1.26 bits per heavy atom. The normalized spacial score (nSPS) is 10.5. The standard InChI is InChI=1S/C14H16FN3O/c1-3-17(4-2)14(19)13-9-18(10-16-13)12-7-5-11(15)6-8-12/h5-10H,3-4H2,1-2H3. The van der Waals surface area contributed by atoms with Crippen molar-refractivity contribution in [3.8, 4) is 5.69 Å². The van der Waals surface area contributed by atoms with Gasteiger partial charge in [0.15, 0.2) is 0 Å². The van der Waals surface area contributed by atoms with Gasteiger partial charge in [0, 0.05) is 25.0 Å². The second kappa shape index (κ2) is 5.65. The fourth-order valence-electron chi connectivity index (χ4n) is 1.86. The first kappa shape index (κ1) is 13.3. The van der Waals surface area contributed by atoms with Crippen LogP contribution in [0.2, 0.25) is 0 Å². The van der Waals surface area contributed by atoms with Gasteiger partial charge in [-0.15, -0.1) is 0 Å². The van der Waals surface area contributed by atoms with Gasteiger partial charge in [-0.3, -0.25) is 4.79 Å². The van der Waals surface area contributed by atoms with Gasteiger partial charge >= 0.3 is 0 Å². The summed E-state index contributed by atoms with van der Waals surface area (Å²) in [4.78, 5) is 17.9. The number of aromatic nitrogens is 2. The van der Waals surface area contributed by atoms with Gasteiger partial charge in [-0.1, -0.05) is 0 Å². The lowest BCUT2D eigenvalue weighted by atomic mass is 10.3. The highest BCUT2D eigenvalue weighted by Gasteiger charge is 2.15. The molecule has 2 aromatic rings. The monoisotopic (exact) mass is 261 g/mol. The lowest BCUT2D eigenvalue weighted by Crippen LogP contribution is -2.30. The van der Waals surface area contributed by atoms with Crippen LogP contribution in [0.25, 0.3) is 5.69 Å². The van der Waals surface area contributed by atoms with Gasteiger partial charge in [0.05, 0.1) is 0 Å². The van der Waals surface area contributed by atoms with Crippen molar-refractivity contribution < 1.29 is 9.18 Å². The average molecular weight is 261 g/mol. The third-order valence-electron chi connectivity index (χ3n) is 2.98. The first-order valence-electron chi connectivity index (χ1n) is 6.25. The van der Waals surface area contributed by atoms with E-state index in [2.05, 4.69) is 4.98 Å². The topological polar surface area (TPSA) is 38.1 Å². The smallest absolute Gasteiger partial charge is 0.274 e. The summed E-state index contributed by atoms with van der Waals surface area (Å²) < 4.78 is 14.6. The molecule has 0 radical (unpaired) electrons. The summed E-state index contributed by atoms with van der Waals surface area (Å²) in [5.41, 5.74) is 1.17. The maximum Gasteiger partial charge on any atom is 0.274 e. The van der Waals surface area contributed by atoms with E-state index in [1.165, 1.54) is 12.1 Å². The number of hydrogen-bond donors (Lipinski definition) is 0. The van der Waals surface area contributed by atoms with E-state index in [9.17, 15) is 9.18 Å². The van der Waals surface area contributed by atoms with Crippen molar-refractivity contribution in [2.75, 3.05) is 13.1 Å². The molecule has 0 aliphatic heterocycles. The number of benzene rings is 1. The van der Waals surface area contributed by atoms with Crippen molar-refractivity contribution in [3.63, 3.8) is 0 Å². The molecule has 0 saturated heterocycles. The van der Waals surface area contributed by atoms with Crippen LogP contribution >= 0.6 is 0 Å². The Bertz CT molecular complexity index is 558. The van der Waals surface area contributed by atoms with Gasteiger partial charge in [0.2, 0.25) is 0 Å². The minimum Gasteiger partial charge on any atom is -0.338 e. The Balaban J connectivity index is 2.23. The van der Waals surface area contributed by atoms with Crippen molar-refractivity contribution in [2.45, 2.75) is 13.8 Å². The number of carbonyl (C=O) groups is 1. The van der Waals surface area contributed by atoms with Gasteiger partial charge in [-0.2, -0.15) is 0 Å². The van der Waals surface area contributed by atoms with Crippen LogP contribution in [0.5, 0.6) is 0 Å². The van der Waals surface area contributed by atoms with Gasteiger partial charge in [0.25, 0.3) is 5.91 Å². The molecule has 0 atom stereocenters. The fourth-order valence-corrected chi connectivity index (χ4v) is 1.86. The zero-order valence-electron chi connectivity index (χ0n) is 11.0. The predicted octanol–water partition coefficient (Wildman–Crippen LogP) is 2.49. The van der Waals surface area contributed by atoms with E-state index in [-0.39, 0.29) is 11.7 Å². The highest BCUT2D eigenvalue weighted by Crippen LogP contribution is 2.11. The third kappa shape index (κ3) is 2.81. The van der Waals surface area contributed by atoms with Gasteiger partial charge < -0.3 is 9.47 Å². The maximum absolute atomic E-state index is 12.8. The number of imidazole rings is 1. The Labute approximate surface area is 111 Å². The lowest BCUT2D eigenvalue weighted by molar-refractivity contribution is 0.0767. The van der Waals surface area contributed by atoms with Crippen LogP contribution < -0.4 is 0 Å². The molecular weight excluding hydrogens is 245 g/mol. The van der Waals surface area contributed by atoms with E-state index in [1.807, 2.05) is 13.8 Å². The van der Waals surface area contributed by atoms with E-state index in [1.54, 1.807) is 34.1 Å². The maximum atomic E-state index is 12.8. The van der Waals surface area contributed by atoms with Crippen molar-refractivity contribution >= 4 is 5.91 Å². The summed E-state index contributed by atoms with van der Waals surface area (Å²) in [5.74, 6) is -0.380. The molecule has 0 unspecified atom stereocenters. The molecule has 1 aromatic carbocycles. The molecule has 0 saturated carbocycles. The first-order valence-corrected chi connectivity index (χ1v) is 6.25. The average Bonchev–Trinajstić information content (AvgIpc) is 2.90. The number of hydrogen-bond acceptors (Lipinski definition) is 2. The number of halogens is 1. The van der Waals surface area contributed by atoms with Gasteiger partial charge in [0.1, 0.15) is 17.8 Å². The van der Waals surface area contributed by atoms with Crippen molar-refractivity contribution in [3.05, 3.63) is 48.3 Å². The van der Waals surface area contributed by atoms with Crippen LogP contribution in [0.1, 0.15) is 24.3 Å². The molecular formula is C14H16FN3O.